The zero-order valence-corrected chi connectivity index (χ0v) is 12.7. The highest BCUT2D eigenvalue weighted by atomic mass is 16.2. The molecule has 0 unspecified atom stereocenters. The first kappa shape index (κ1) is 15.3. The van der Waals surface area contributed by atoms with Crippen molar-refractivity contribution in [2.75, 3.05) is 14.1 Å². The van der Waals surface area contributed by atoms with Gasteiger partial charge in [-0.25, -0.2) is 0 Å². The topological polar surface area (TPSA) is 36.1 Å². The normalized spacial score (nSPS) is 10.3. The molecular weight excluding hydrogens is 236 g/mol. The van der Waals surface area contributed by atoms with Crippen molar-refractivity contribution in [3.8, 4) is 0 Å². The number of nitrogens with one attached hydrogen (secondary N) is 1. The van der Waals surface area contributed by atoms with Crippen LogP contribution in [0.25, 0.3) is 10.9 Å². The van der Waals surface area contributed by atoms with Crippen LogP contribution in [0.2, 0.25) is 0 Å². The summed E-state index contributed by atoms with van der Waals surface area (Å²) < 4.78 is 0. The fraction of sp³-hybridized carbons (Fsp3) is 0.438. The first-order valence-corrected chi connectivity index (χ1v) is 6.83. The van der Waals surface area contributed by atoms with Crippen molar-refractivity contribution in [1.29, 1.82) is 0 Å². The number of fused-ring (bicyclic) bond motifs is 1. The summed E-state index contributed by atoms with van der Waals surface area (Å²) in [5.41, 5.74) is 2.95. The van der Waals surface area contributed by atoms with E-state index in [1.54, 1.807) is 19.0 Å². The fourth-order valence-corrected chi connectivity index (χ4v) is 1.87. The average Bonchev–Trinajstić information content (AvgIpc) is 2.82. The third-order valence-corrected chi connectivity index (χ3v) is 2.95. The third kappa shape index (κ3) is 3.37. The van der Waals surface area contributed by atoms with Crippen LogP contribution in [-0.2, 0) is 0 Å². The van der Waals surface area contributed by atoms with Gasteiger partial charge in [0.05, 0.1) is 0 Å². The molecule has 0 bridgehead atoms. The van der Waals surface area contributed by atoms with Gasteiger partial charge in [0, 0.05) is 25.0 Å². The van der Waals surface area contributed by atoms with E-state index >= 15 is 0 Å². The highest BCUT2D eigenvalue weighted by Gasteiger charge is 2.11. The molecule has 0 fully saturated rings. The van der Waals surface area contributed by atoms with E-state index in [9.17, 15) is 4.79 Å². The Morgan fingerprint density at radius 3 is 2.32 bits per heavy atom. The lowest BCUT2D eigenvalue weighted by atomic mass is 10.0. The van der Waals surface area contributed by atoms with Crippen LogP contribution in [0.5, 0.6) is 0 Å². The minimum Gasteiger partial charge on any atom is -0.351 e. The highest BCUT2D eigenvalue weighted by molar-refractivity contribution is 5.97. The van der Waals surface area contributed by atoms with Crippen molar-refractivity contribution in [1.82, 2.24) is 9.88 Å². The number of hydrogen-bond donors (Lipinski definition) is 1. The molecule has 3 nitrogen and oxygen atoms in total. The lowest BCUT2D eigenvalue weighted by molar-refractivity contribution is 0.0823. The van der Waals surface area contributed by atoms with E-state index in [0.717, 1.165) is 10.9 Å². The second-order valence-electron chi connectivity index (χ2n) is 4.88. The van der Waals surface area contributed by atoms with Crippen LogP contribution >= 0.6 is 0 Å². The van der Waals surface area contributed by atoms with Gasteiger partial charge in [-0.1, -0.05) is 33.8 Å². The summed E-state index contributed by atoms with van der Waals surface area (Å²) >= 11 is 0. The molecule has 0 aliphatic carbocycles. The molecule has 1 amide bonds. The van der Waals surface area contributed by atoms with Crippen LogP contribution in [0.4, 0.5) is 0 Å². The van der Waals surface area contributed by atoms with Gasteiger partial charge in [0.2, 0.25) is 0 Å². The van der Waals surface area contributed by atoms with Crippen LogP contribution < -0.4 is 0 Å². The lowest BCUT2D eigenvalue weighted by Crippen LogP contribution is -2.21. The zero-order valence-electron chi connectivity index (χ0n) is 12.7. The molecule has 1 N–H and O–H groups in total. The second-order valence-corrected chi connectivity index (χ2v) is 4.88. The standard InChI is InChI=1S/C14H18N2O.C2H6/c1-9(2)10-5-6-12-11(7-10)8-13(15-12)14(17)16(3)4;1-2/h5-9,15H,1-4H3;1-2H3. The van der Waals surface area contributed by atoms with Gasteiger partial charge >= 0.3 is 0 Å². The molecule has 3 heteroatoms. The summed E-state index contributed by atoms with van der Waals surface area (Å²) in [5, 5.41) is 1.10. The number of amides is 1. The molecular formula is C16H24N2O. The average molecular weight is 260 g/mol. The SMILES string of the molecule is CC.CC(C)c1ccc2[nH]c(C(=O)N(C)C)cc2c1. The van der Waals surface area contributed by atoms with Gasteiger partial charge in [0.25, 0.3) is 5.91 Å². The van der Waals surface area contributed by atoms with Gasteiger partial charge in [0.1, 0.15) is 5.69 Å². The van der Waals surface area contributed by atoms with Crippen molar-refractivity contribution in [2.45, 2.75) is 33.6 Å². The maximum atomic E-state index is 11.8. The summed E-state index contributed by atoms with van der Waals surface area (Å²) in [6.07, 6.45) is 0. The summed E-state index contributed by atoms with van der Waals surface area (Å²) in [4.78, 5) is 16.6. The first-order chi connectivity index (χ1) is 8.99. The maximum Gasteiger partial charge on any atom is 0.269 e. The molecule has 1 heterocycles. The minimum absolute atomic E-state index is 0.00676. The minimum atomic E-state index is 0.00676. The predicted octanol–water partition coefficient (Wildman–Crippen LogP) is 4.02. The van der Waals surface area contributed by atoms with Gasteiger partial charge in [0.15, 0.2) is 0 Å². The predicted molar refractivity (Wildman–Crippen MR) is 81.8 cm³/mol. The second kappa shape index (κ2) is 6.41. The molecule has 1 aromatic carbocycles. The molecule has 2 rings (SSSR count). The number of carbonyl (C=O) groups excluding carboxylic acids is 1. The third-order valence-electron chi connectivity index (χ3n) is 2.95. The Morgan fingerprint density at radius 1 is 1.16 bits per heavy atom. The molecule has 0 saturated heterocycles. The van der Waals surface area contributed by atoms with Gasteiger partial charge in [-0.3, -0.25) is 4.79 Å². The monoisotopic (exact) mass is 260 g/mol. The number of benzene rings is 1. The summed E-state index contributed by atoms with van der Waals surface area (Å²) in [7, 11) is 3.51. The van der Waals surface area contributed by atoms with Crippen LogP contribution in [0.1, 0.15) is 49.7 Å². The molecule has 0 aliphatic rings. The number of carbonyl (C=O) groups is 1. The van der Waals surface area contributed by atoms with E-state index in [4.69, 9.17) is 0 Å². The van der Waals surface area contributed by atoms with Gasteiger partial charge < -0.3 is 9.88 Å². The van der Waals surface area contributed by atoms with Gasteiger partial charge in [-0.15, -0.1) is 0 Å². The number of nitrogens with zero attached hydrogens (tertiary/aromatic N) is 1. The van der Waals surface area contributed by atoms with Crippen molar-refractivity contribution >= 4 is 16.8 Å². The van der Waals surface area contributed by atoms with E-state index < -0.39 is 0 Å². The van der Waals surface area contributed by atoms with Crippen LogP contribution in [0.15, 0.2) is 24.3 Å². The van der Waals surface area contributed by atoms with E-state index in [0.29, 0.717) is 11.6 Å². The van der Waals surface area contributed by atoms with Crippen LogP contribution in [0, 0.1) is 0 Å². The molecule has 19 heavy (non-hydrogen) atoms. The Hall–Kier alpha value is -1.77. The first-order valence-electron chi connectivity index (χ1n) is 6.83. The van der Waals surface area contributed by atoms with Crippen LogP contribution in [0.3, 0.4) is 0 Å². The fourth-order valence-electron chi connectivity index (χ4n) is 1.87. The summed E-state index contributed by atoms with van der Waals surface area (Å²) in [6.45, 7) is 8.33. The Bertz CT molecular complexity index is 553. The quantitative estimate of drug-likeness (QED) is 0.869. The van der Waals surface area contributed by atoms with E-state index in [1.165, 1.54) is 5.56 Å². The number of aromatic nitrogens is 1. The molecule has 1 aromatic heterocycles. The highest BCUT2D eigenvalue weighted by Crippen LogP contribution is 2.22. The van der Waals surface area contributed by atoms with E-state index in [-0.39, 0.29) is 5.91 Å². The zero-order chi connectivity index (χ0) is 14.6. The Kier molecular flexibility index (Phi) is 5.16. The van der Waals surface area contributed by atoms with E-state index in [1.807, 2.05) is 26.0 Å². The smallest absolute Gasteiger partial charge is 0.269 e. The van der Waals surface area contributed by atoms with Crippen molar-refractivity contribution in [3.05, 3.63) is 35.5 Å². The number of rotatable bonds is 2. The summed E-state index contributed by atoms with van der Waals surface area (Å²) in [5.74, 6) is 0.509. The Balaban J connectivity index is 0.000000861. The number of hydrogen-bond acceptors (Lipinski definition) is 1. The van der Waals surface area contributed by atoms with Crippen molar-refractivity contribution in [3.63, 3.8) is 0 Å². The molecule has 104 valence electrons. The summed E-state index contributed by atoms with van der Waals surface area (Å²) in [6, 6.07) is 8.21. The molecule has 0 aliphatic heterocycles. The molecule has 2 aromatic rings. The Morgan fingerprint density at radius 2 is 1.79 bits per heavy atom. The molecule has 0 saturated carbocycles. The van der Waals surface area contributed by atoms with Crippen molar-refractivity contribution in [2.24, 2.45) is 0 Å². The molecule has 0 radical (unpaired) electrons. The molecule has 0 atom stereocenters. The van der Waals surface area contributed by atoms with Crippen LogP contribution in [-0.4, -0.2) is 29.9 Å². The number of aromatic amines is 1. The maximum absolute atomic E-state index is 11.8. The number of H-pyrrole nitrogens is 1. The van der Waals surface area contributed by atoms with Crippen molar-refractivity contribution < 1.29 is 4.79 Å². The van der Waals surface area contributed by atoms with E-state index in [2.05, 4.69) is 31.0 Å². The van der Waals surface area contributed by atoms with Gasteiger partial charge in [-0.05, 0) is 29.7 Å². The lowest BCUT2D eigenvalue weighted by Gasteiger charge is -2.07. The van der Waals surface area contributed by atoms with Gasteiger partial charge in [-0.2, -0.15) is 0 Å². The largest absolute Gasteiger partial charge is 0.351 e. The molecule has 0 spiro atoms. The Labute approximate surface area is 115 Å².